The molecule has 0 aromatic carbocycles. The van der Waals surface area contributed by atoms with Crippen LogP contribution in [0.2, 0.25) is 0 Å². The van der Waals surface area contributed by atoms with Crippen molar-refractivity contribution in [2.24, 2.45) is 7.05 Å². The molecular weight excluding hydrogens is 285 g/mol. The monoisotopic (exact) mass is 305 g/mol. The predicted molar refractivity (Wildman–Crippen MR) is 83.0 cm³/mol. The number of fused-ring (bicyclic) bond motifs is 1. The average Bonchev–Trinajstić information content (AvgIpc) is 2.46. The summed E-state index contributed by atoms with van der Waals surface area (Å²) in [4.78, 5) is 29.1. The van der Waals surface area contributed by atoms with E-state index < -0.39 is 5.67 Å². The molecule has 0 saturated heterocycles. The fourth-order valence-electron chi connectivity index (χ4n) is 3.20. The zero-order valence-electron chi connectivity index (χ0n) is 13.1. The molecule has 1 saturated carbocycles. The quantitative estimate of drug-likeness (QED) is 0.812. The van der Waals surface area contributed by atoms with Gasteiger partial charge in [-0.15, -0.1) is 0 Å². The van der Waals surface area contributed by atoms with E-state index in [2.05, 4.69) is 4.98 Å². The van der Waals surface area contributed by atoms with E-state index in [-0.39, 0.29) is 17.2 Å². The molecule has 22 heavy (non-hydrogen) atoms. The Labute approximate surface area is 127 Å². The van der Waals surface area contributed by atoms with Gasteiger partial charge in [0.2, 0.25) is 0 Å². The summed E-state index contributed by atoms with van der Waals surface area (Å²) in [5, 5.41) is 0.432. The second-order valence-electron chi connectivity index (χ2n) is 6.45. The van der Waals surface area contributed by atoms with Gasteiger partial charge in [-0.3, -0.25) is 18.7 Å². The van der Waals surface area contributed by atoms with E-state index in [0.29, 0.717) is 42.5 Å². The van der Waals surface area contributed by atoms with E-state index in [4.69, 9.17) is 0 Å². The van der Waals surface area contributed by atoms with Crippen molar-refractivity contribution < 1.29 is 4.39 Å². The second kappa shape index (κ2) is 5.04. The van der Waals surface area contributed by atoms with Crippen molar-refractivity contribution in [2.45, 2.75) is 51.2 Å². The fourth-order valence-corrected chi connectivity index (χ4v) is 3.20. The van der Waals surface area contributed by atoms with Crippen molar-refractivity contribution >= 4 is 11.0 Å². The van der Waals surface area contributed by atoms with Crippen molar-refractivity contribution in [1.82, 2.24) is 14.1 Å². The molecule has 2 aromatic heterocycles. The van der Waals surface area contributed by atoms with Gasteiger partial charge in [-0.25, -0.2) is 9.37 Å². The zero-order chi connectivity index (χ0) is 16.1. The summed E-state index contributed by atoms with van der Waals surface area (Å²) in [5.41, 5.74) is -1.09. The third-order valence-corrected chi connectivity index (χ3v) is 4.75. The number of hydrogen-bond acceptors (Lipinski definition) is 3. The van der Waals surface area contributed by atoms with Crippen LogP contribution in [0.25, 0.3) is 11.0 Å². The normalized spacial score (nSPS) is 25.5. The van der Waals surface area contributed by atoms with E-state index in [0.717, 1.165) is 0 Å². The van der Waals surface area contributed by atoms with Crippen LogP contribution in [-0.2, 0) is 7.05 Å². The third-order valence-electron chi connectivity index (χ3n) is 4.75. The van der Waals surface area contributed by atoms with E-state index in [1.54, 1.807) is 25.5 Å². The highest BCUT2D eigenvalue weighted by atomic mass is 19.1. The molecule has 0 amide bonds. The molecule has 0 spiro atoms. The summed E-state index contributed by atoms with van der Waals surface area (Å²) in [5.74, 6) is 0.558. The summed E-state index contributed by atoms with van der Waals surface area (Å²) in [7, 11) is 1.66. The SMILES string of the molecule is Cc1nc2c(ccc(=O)n2C2CCC(C)(F)CC2)c(=O)n1C. The summed E-state index contributed by atoms with van der Waals surface area (Å²) in [6.07, 6.45) is 2.01. The Hall–Kier alpha value is -1.98. The Bertz CT molecular complexity index is 841. The molecule has 3 rings (SSSR count). The van der Waals surface area contributed by atoms with Crippen LogP contribution in [0.3, 0.4) is 0 Å². The number of alkyl halides is 1. The number of rotatable bonds is 1. The Morgan fingerprint density at radius 2 is 1.91 bits per heavy atom. The highest BCUT2D eigenvalue weighted by molar-refractivity contribution is 5.74. The predicted octanol–water partition coefficient (Wildman–Crippen LogP) is 2.25. The molecule has 1 fully saturated rings. The molecule has 118 valence electrons. The minimum absolute atomic E-state index is 0.0981. The highest BCUT2D eigenvalue weighted by Crippen LogP contribution is 2.37. The molecule has 0 bridgehead atoms. The molecule has 2 aromatic rings. The van der Waals surface area contributed by atoms with Crippen LogP contribution >= 0.6 is 0 Å². The Kier molecular flexibility index (Phi) is 3.42. The topological polar surface area (TPSA) is 56.9 Å². The van der Waals surface area contributed by atoms with Gasteiger partial charge in [-0.1, -0.05) is 0 Å². The summed E-state index contributed by atoms with van der Waals surface area (Å²) in [6, 6.07) is 2.84. The third kappa shape index (κ3) is 2.36. The molecule has 2 heterocycles. The molecule has 6 heteroatoms. The minimum atomic E-state index is -1.16. The van der Waals surface area contributed by atoms with Crippen LogP contribution in [0.5, 0.6) is 0 Å². The maximum absolute atomic E-state index is 14.0. The average molecular weight is 305 g/mol. The van der Waals surface area contributed by atoms with Gasteiger partial charge in [0.1, 0.15) is 11.5 Å². The van der Waals surface area contributed by atoms with Crippen molar-refractivity contribution in [3.8, 4) is 0 Å². The zero-order valence-corrected chi connectivity index (χ0v) is 13.1. The number of hydrogen-bond donors (Lipinski definition) is 0. The van der Waals surface area contributed by atoms with Gasteiger partial charge < -0.3 is 0 Å². The van der Waals surface area contributed by atoms with Crippen molar-refractivity contribution in [3.05, 3.63) is 38.7 Å². The minimum Gasteiger partial charge on any atom is -0.299 e. The molecule has 0 aliphatic heterocycles. The Morgan fingerprint density at radius 3 is 2.55 bits per heavy atom. The standard InChI is InChI=1S/C16H20FN3O2/c1-10-18-14-12(15(22)19(10)3)4-5-13(21)20(14)11-6-8-16(2,17)9-7-11/h4-5,11H,6-9H2,1-3H3. The smallest absolute Gasteiger partial charge is 0.262 e. The highest BCUT2D eigenvalue weighted by Gasteiger charge is 2.32. The second-order valence-corrected chi connectivity index (χ2v) is 6.45. The van der Waals surface area contributed by atoms with E-state index in [1.165, 1.54) is 16.7 Å². The van der Waals surface area contributed by atoms with Gasteiger partial charge in [-0.05, 0) is 45.6 Å². The number of nitrogens with zero attached hydrogens (tertiary/aromatic N) is 3. The van der Waals surface area contributed by atoms with Crippen molar-refractivity contribution in [1.29, 1.82) is 0 Å². The van der Waals surface area contributed by atoms with E-state index >= 15 is 0 Å². The first-order valence-corrected chi connectivity index (χ1v) is 7.58. The van der Waals surface area contributed by atoms with E-state index in [1.807, 2.05) is 0 Å². The van der Waals surface area contributed by atoms with Crippen molar-refractivity contribution in [2.75, 3.05) is 0 Å². The van der Waals surface area contributed by atoms with Gasteiger partial charge in [0.05, 0.1) is 5.39 Å². The summed E-state index contributed by atoms with van der Waals surface area (Å²) < 4.78 is 17.1. The maximum atomic E-state index is 14.0. The van der Waals surface area contributed by atoms with E-state index in [9.17, 15) is 14.0 Å². The number of aryl methyl sites for hydroxylation is 1. The van der Waals surface area contributed by atoms with Crippen LogP contribution in [-0.4, -0.2) is 19.8 Å². The van der Waals surface area contributed by atoms with Crippen molar-refractivity contribution in [3.63, 3.8) is 0 Å². The van der Waals surface area contributed by atoms with Crippen LogP contribution in [0.4, 0.5) is 4.39 Å². The fraction of sp³-hybridized carbons (Fsp3) is 0.562. The summed E-state index contributed by atoms with van der Waals surface area (Å²) >= 11 is 0. The molecule has 0 unspecified atom stereocenters. The molecule has 0 atom stereocenters. The molecule has 1 aliphatic rings. The summed E-state index contributed by atoms with van der Waals surface area (Å²) in [6.45, 7) is 3.34. The largest absolute Gasteiger partial charge is 0.299 e. The van der Waals surface area contributed by atoms with Crippen LogP contribution in [0, 0.1) is 6.92 Å². The first kappa shape index (κ1) is 14.9. The number of halogens is 1. The molecule has 0 radical (unpaired) electrons. The number of aromatic nitrogens is 3. The van der Waals surface area contributed by atoms with Gasteiger partial charge >= 0.3 is 0 Å². The lowest BCUT2D eigenvalue weighted by molar-refractivity contribution is 0.106. The van der Waals surface area contributed by atoms with Crippen LogP contribution in [0.1, 0.15) is 44.5 Å². The molecular formula is C16H20FN3O2. The van der Waals surface area contributed by atoms with Gasteiger partial charge in [0.25, 0.3) is 11.1 Å². The molecule has 5 nitrogen and oxygen atoms in total. The molecule has 0 N–H and O–H groups in total. The number of pyridine rings is 1. The Morgan fingerprint density at radius 1 is 1.27 bits per heavy atom. The first-order valence-electron chi connectivity index (χ1n) is 7.58. The van der Waals surface area contributed by atoms with Crippen LogP contribution < -0.4 is 11.1 Å². The van der Waals surface area contributed by atoms with Crippen LogP contribution in [0.15, 0.2) is 21.7 Å². The van der Waals surface area contributed by atoms with Gasteiger partial charge in [-0.2, -0.15) is 0 Å². The lowest BCUT2D eigenvalue weighted by Gasteiger charge is -2.32. The first-order chi connectivity index (χ1) is 10.3. The van der Waals surface area contributed by atoms with Gasteiger partial charge in [0.15, 0.2) is 5.65 Å². The van der Waals surface area contributed by atoms with Gasteiger partial charge in [0, 0.05) is 19.2 Å². The molecule has 1 aliphatic carbocycles. The maximum Gasteiger partial charge on any atom is 0.262 e. The lowest BCUT2D eigenvalue weighted by atomic mass is 9.85. The lowest BCUT2D eigenvalue weighted by Crippen LogP contribution is -2.34. The Balaban J connectivity index is 2.20.